The Morgan fingerprint density at radius 2 is 1.91 bits per heavy atom. The second-order valence-corrected chi connectivity index (χ2v) is 10.3. The Bertz CT molecular complexity index is 1120. The summed E-state index contributed by atoms with van der Waals surface area (Å²) in [6, 6.07) is 10.1. The van der Waals surface area contributed by atoms with Gasteiger partial charge in [0.15, 0.2) is 0 Å². The molecular formula is C24H29FN2O4S. The van der Waals surface area contributed by atoms with Gasteiger partial charge in [-0.1, -0.05) is 24.8 Å². The highest BCUT2D eigenvalue weighted by atomic mass is 32.2. The van der Waals surface area contributed by atoms with Crippen LogP contribution in [-0.2, 0) is 10.0 Å². The minimum atomic E-state index is -3.89. The van der Waals surface area contributed by atoms with E-state index in [-0.39, 0.29) is 41.6 Å². The third-order valence-electron chi connectivity index (χ3n) is 5.39. The van der Waals surface area contributed by atoms with E-state index >= 15 is 0 Å². The molecule has 1 N–H and O–H groups in total. The summed E-state index contributed by atoms with van der Waals surface area (Å²) >= 11 is 0. The number of rotatable bonds is 4. The number of aliphatic hydroxyl groups excluding tert-OH is 1. The van der Waals surface area contributed by atoms with Crippen LogP contribution >= 0.6 is 0 Å². The predicted octanol–water partition coefficient (Wildman–Crippen LogP) is 2.56. The molecule has 0 bridgehead atoms. The molecule has 172 valence electrons. The lowest BCUT2D eigenvalue weighted by Crippen LogP contribution is -2.49. The van der Waals surface area contributed by atoms with Gasteiger partial charge in [0, 0.05) is 36.2 Å². The number of hydrogen-bond donors (Lipinski definition) is 1. The van der Waals surface area contributed by atoms with Gasteiger partial charge in [-0.2, -0.15) is 4.31 Å². The smallest absolute Gasteiger partial charge is 0.247 e. The molecule has 1 aliphatic heterocycles. The van der Waals surface area contributed by atoms with Crippen molar-refractivity contribution in [2.75, 3.05) is 33.8 Å². The Kier molecular flexibility index (Phi) is 7.57. The van der Waals surface area contributed by atoms with Gasteiger partial charge in [-0.05, 0) is 57.4 Å². The maximum absolute atomic E-state index is 13.4. The summed E-state index contributed by atoms with van der Waals surface area (Å²) in [6.45, 7) is 4.19. The van der Waals surface area contributed by atoms with Crippen LogP contribution in [0.5, 0.6) is 5.75 Å². The summed E-state index contributed by atoms with van der Waals surface area (Å²) in [6.07, 6.45) is -0.265. The van der Waals surface area contributed by atoms with Gasteiger partial charge in [0.25, 0.3) is 0 Å². The lowest BCUT2D eigenvalue weighted by molar-refractivity contribution is 0.0812. The lowest BCUT2D eigenvalue weighted by atomic mass is 10.0. The average Bonchev–Trinajstić information content (AvgIpc) is 2.74. The van der Waals surface area contributed by atoms with E-state index < -0.39 is 16.1 Å². The van der Waals surface area contributed by atoms with Gasteiger partial charge < -0.3 is 14.7 Å². The van der Waals surface area contributed by atoms with Crippen LogP contribution in [0.25, 0.3) is 0 Å². The van der Waals surface area contributed by atoms with E-state index in [0.29, 0.717) is 17.7 Å². The molecule has 1 aliphatic rings. The van der Waals surface area contributed by atoms with Crippen molar-refractivity contribution in [1.29, 1.82) is 0 Å². The first-order valence-electron chi connectivity index (χ1n) is 10.5. The summed E-state index contributed by atoms with van der Waals surface area (Å²) in [7, 11) is -0.0272. The summed E-state index contributed by atoms with van der Waals surface area (Å²) < 4.78 is 47.9. The van der Waals surface area contributed by atoms with Crippen molar-refractivity contribution in [1.82, 2.24) is 9.21 Å². The Balaban J connectivity index is 2.08. The zero-order valence-corrected chi connectivity index (χ0v) is 19.6. The molecule has 0 unspecified atom stereocenters. The molecule has 0 saturated carbocycles. The molecule has 0 radical (unpaired) electrons. The van der Waals surface area contributed by atoms with Gasteiger partial charge in [0.2, 0.25) is 10.0 Å². The molecule has 6 nitrogen and oxygen atoms in total. The number of sulfonamides is 1. The van der Waals surface area contributed by atoms with Crippen molar-refractivity contribution in [2.45, 2.75) is 30.9 Å². The van der Waals surface area contributed by atoms with Crippen LogP contribution in [0.3, 0.4) is 0 Å². The molecule has 0 fully saturated rings. The minimum absolute atomic E-state index is 0.0461. The van der Waals surface area contributed by atoms with E-state index in [4.69, 9.17) is 4.74 Å². The largest absolute Gasteiger partial charge is 0.487 e. The van der Waals surface area contributed by atoms with Gasteiger partial charge in [0.05, 0.1) is 6.61 Å². The summed E-state index contributed by atoms with van der Waals surface area (Å²) in [5, 5.41) is 9.68. The van der Waals surface area contributed by atoms with E-state index in [2.05, 4.69) is 11.8 Å². The second-order valence-electron chi connectivity index (χ2n) is 8.42. The number of nitrogens with zero attached hydrogens (tertiary/aromatic N) is 2. The van der Waals surface area contributed by atoms with E-state index in [1.54, 1.807) is 31.2 Å². The minimum Gasteiger partial charge on any atom is -0.487 e. The van der Waals surface area contributed by atoms with E-state index in [9.17, 15) is 17.9 Å². The van der Waals surface area contributed by atoms with Crippen molar-refractivity contribution < 1.29 is 22.7 Å². The molecule has 0 aliphatic carbocycles. The molecule has 0 saturated heterocycles. The molecule has 0 aromatic heterocycles. The molecule has 0 spiro atoms. The maximum Gasteiger partial charge on any atom is 0.247 e. The first-order valence-corrected chi connectivity index (χ1v) is 11.9. The first-order chi connectivity index (χ1) is 15.1. The van der Waals surface area contributed by atoms with Gasteiger partial charge in [0.1, 0.15) is 22.6 Å². The molecule has 1 heterocycles. The molecule has 2 aromatic carbocycles. The Labute approximate surface area is 189 Å². The normalized spacial score (nSPS) is 21.5. The fraction of sp³-hybridized carbons (Fsp3) is 0.417. The van der Waals surface area contributed by atoms with Gasteiger partial charge in [-0.15, -0.1) is 0 Å². The van der Waals surface area contributed by atoms with E-state index in [1.165, 1.54) is 22.5 Å². The highest BCUT2D eigenvalue weighted by Crippen LogP contribution is 2.34. The molecular weight excluding hydrogens is 431 g/mol. The summed E-state index contributed by atoms with van der Waals surface area (Å²) in [5.41, 5.74) is 1.08. The monoisotopic (exact) mass is 460 g/mol. The number of benzene rings is 2. The lowest BCUT2D eigenvalue weighted by Gasteiger charge is -2.37. The average molecular weight is 461 g/mol. The quantitative estimate of drug-likeness (QED) is 0.711. The third-order valence-corrected chi connectivity index (χ3v) is 7.41. The second kappa shape index (κ2) is 10.0. The maximum atomic E-state index is 13.4. The zero-order valence-electron chi connectivity index (χ0n) is 18.7. The van der Waals surface area contributed by atoms with Crippen LogP contribution in [0.4, 0.5) is 4.39 Å². The SMILES string of the molecule is C[C@H]1CN([C@@H](C)CO)S(=O)(=O)c2ccc(C#Cc3cccc(F)c3)cc2O[C@H]1CN(C)C. The van der Waals surface area contributed by atoms with Crippen molar-refractivity contribution in [3.63, 3.8) is 0 Å². The summed E-state index contributed by atoms with van der Waals surface area (Å²) in [5.74, 6) is 5.60. The number of likely N-dealkylation sites (N-methyl/N-ethyl adjacent to an activating group) is 1. The first kappa shape index (κ1) is 24.2. The van der Waals surface area contributed by atoms with Crippen molar-refractivity contribution in [3.05, 3.63) is 59.4 Å². The highest BCUT2D eigenvalue weighted by Gasteiger charge is 2.37. The molecule has 32 heavy (non-hydrogen) atoms. The number of hydrogen-bond acceptors (Lipinski definition) is 5. The molecule has 0 amide bonds. The van der Waals surface area contributed by atoms with Crippen molar-refractivity contribution >= 4 is 10.0 Å². The zero-order chi connectivity index (χ0) is 23.5. The van der Waals surface area contributed by atoms with Gasteiger partial charge >= 0.3 is 0 Å². The van der Waals surface area contributed by atoms with Crippen molar-refractivity contribution in [2.24, 2.45) is 5.92 Å². The van der Waals surface area contributed by atoms with E-state index in [0.717, 1.165) is 0 Å². The number of aliphatic hydroxyl groups is 1. The van der Waals surface area contributed by atoms with E-state index in [1.807, 2.05) is 25.9 Å². The van der Waals surface area contributed by atoms with Gasteiger partial charge in [-0.25, -0.2) is 12.8 Å². The molecule has 3 atom stereocenters. The molecule has 2 aromatic rings. The number of halogens is 1. The topological polar surface area (TPSA) is 70.1 Å². The van der Waals surface area contributed by atoms with Crippen molar-refractivity contribution in [3.8, 4) is 17.6 Å². The fourth-order valence-electron chi connectivity index (χ4n) is 3.59. The summed E-state index contributed by atoms with van der Waals surface area (Å²) in [4.78, 5) is 2.04. The Hall–Kier alpha value is -2.44. The Morgan fingerprint density at radius 3 is 2.53 bits per heavy atom. The highest BCUT2D eigenvalue weighted by molar-refractivity contribution is 7.89. The fourth-order valence-corrected chi connectivity index (χ4v) is 5.42. The third kappa shape index (κ3) is 5.48. The van der Waals surface area contributed by atoms with Gasteiger partial charge in [-0.3, -0.25) is 0 Å². The number of ether oxygens (including phenoxy) is 1. The molecule has 3 rings (SSSR count). The van der Waals surface area contributed by atoms with Crippen LogP contribution in [0.15, 0.2) is 47.4 Å². The van der Waals surface area contributed by atoms with Crippen LogP contribution in [0.1, 0.15) is 25.0 Å². The Morgan fingerprint density at radius 1 is 1.22 bits per heavy atom. The number of fused-ring (bicyclic) bond motifs is 1. The van der Waals surface area contributed by atoms with Crippen LogP contribution in [0.2, 0.25) is 0 Å². The van der Waals surface area contributed by atoms with Crippen LogP contribution in [0, 0.1) is 23.6 Å². The van der Waals surface area contributed by atoms with Crippen LogP contribution in [-0.4, -0.2) is 68.7 Å². The predicted molar refractivity (Wildman–Crippen MR) is 121 cm³/mol. The molecule has 8 heteroatoms. The van der Waals surface area contributed by atoms with Crippen LogP contribution < -0.4 is 4.74 Å². The standard InChI is InChI=1S/C24H29FN2O4S/c1-17-14-27(18(2)16-28)32(29,30)24-11-10-20(9-8-19-6-5-7-21(25)12-19)13-22(24)31-23(17)15-26(3)4/h5-7,10-13,17-18,23,28H,14-16H2,1-4H3/t17-,18-,23-/m0/s1.